The molecule has 0 aliphatic carbocycles. The van der Waals surface area contributed by atoms with Gasteiger partial charge in [-0.3, -0.25) is 0 Å². The van der Waals surface area contributed by atoms with Gasteiger partial charge in [-0.25, -0.2) is 9.78 Å². The van der Waals surface area contributed by atoms with E-state index in [-0.39, 0.29) is 12.2 Å². The molecule has 0 fully saturated rings. The van der Waals surface area contributed by atoms with E-state index in [1.165, 1.54) is 23.1 Å². The van der Waals surface area contributed by atoms with Crippen LogP contribution in [0.5, 0.6) is 0 Å². The fraction of sp³-hybridized carbons (Fsp3) is 0.278. The van der Waals surface area contributed by atoms with Gasteiger partial charge in [0.2, 0.25) is 0 Å². The van der Waals surface area contributed by atoms with E-state index >= 15 is 0 Å². The monoisotopic (exact) mass is 357 g/mol. The number of hydrogen-bond acceptors (Lipinski definition) is 7. The Kier molecular flexibility index (Phi) is 7.14. The van der Waals surface area contributed by atoms with Crippen LogP contribution < -0.4 is 5.32 Å². The molecule has 0 aliphatic rings. The Morgan fingerprint density at radius 2 is 2.16 bits per heavy atom. The molecule has 0 saturated heterocycles. The second-order valence-electron chi connectivity index (χ2n) is 5.01. The number of benzene rings is 1. The molecular weight excluding hydrogens is 338 g/mol. The molecule has 0 atom stereocenters. The molecule has 1 aromatic heterocycles. The Labute approximate surface area is 150 Å². The van der Waals surface area contributed by atoms with Crippen LogP contribution in [0, 0.1) is 11.3 Å². The van der Waals surface area contributed by atoms with Crippen LogP contribution in [0.1, 0.15) is 12.5 Å². The standard InChI is InChI=1S/C18H19N3O3S/c1-3-24-17(22)15(10-19)11-20-18-21-16(12-25-18)14-6-4-13(5-7-14)8-9-23-2/h4-7,11-12H,3,8-9H2,1-2H3,(H,20,21). The molecule has 7 heteroatoms. The summed E-state index contributed by atoms with van der Waals surface area (Å²) in [6.45, 7) is 2.60. The number of esters is 1. The van der Waals surface area contributed by atoms with Gasteiger partial charge in [0.1, 0.15) is 6.07 Å². The van der Waals surface area contributed by atoms with Crippen molar-refractivity contribution in [2.24, 2.45) is 0 Å². The molecule has 0 spiro atoms. The molecule has 0 bridgehead atoms. The second kappa shape index (κ2) is 9.57. The van der Waals surface area contributed by atoms with E-state index < -0.39 is 5.97 Å². The highest BCUT2D eigenvalue weighted by Crippen LogP contribution is 2.25. The predicted molar refractivity (Wildman–Crippen MR) is 97.1 cm³/mol. The molecule has 0 aliphatic heterocycles. The first-order valence-corrected chi connectivity index (χ1v) is 8.63. The van der Waals surface area contributed by atoms with Crippen molar-refractivity contribution in [2.75, 3.05) is 25.6 Å². The minimum absolute atomic E-state index is 0.0962. The number of nitriles is 1. The second-order valence-corrected chi connectivity index (χ2v) is 5.87. The van der Waals surface area contributed by atoms with Gasteiger partial charge < -0.3 is 14.8 Å². The normalized spacial score (nSPS) is 11.0. The van der Waals surface area contributed by atoms with E-state index in [0.717, 1.165) is 17.7 Å². The van der Waals surface area contributed by atoms with Gasteiger partial charge in [-0.05, 0) is 18.9 Å². The van der Waals surface area contributed by atoms with E-state index in [2.05, 4.69) is 22.4 Å². The van der Waals surface area contributed by atoms with Crippen molar-refractivity contribution in [3.8, 4) is 17.3 Å². The van der Waals surface area contributed by atoms with Gasteiger partial charge in [0, 0.05) is 24.3 Å². The summed E-state index contributed by atoms with van der Waals surface area (Å²) in [5.41, 5.74) is 2.94. The van der Waals surface area contributed by atoms with Gasteiger partial charge in [-0.1, -0.05) is 24.3 Å². The largest absolute Gasteiger partial charge is 0.462 e. The highest BCUT2D eigenvalue weighted by atomic mass is 32.1. The van der Waals surface area contributed by atoms with Gasteiger partial charge in [0.25, 0.3) is 0 Å². The summed E-state index contributed by atoms with van der Waals surface area (Å²) in [7, 11) is 1.69. The van der Waals surface area contributed by atoms with Crippen molar-refractivity contribution < 1.29 is 14.3 Å². The molecule has 1 heterocycles. The molecule has 1 aromatic carbocycles. The number of carbonyl (C=O) groups excluding carboxylic acids is 1. The zero-order chi connectivity index (χ0) is 18.1. The van der Waals surface area contributed by atoms with Gasteiger partial charge >= 0.3 is 5.97 Å². The Morgan fingerprint density at radius 1 is 1.40 bits per heavy atom. The number of nitrogens with zero attached hydrogens (tertiary/aromatic N) is 2. The number of aromatic nitrogens is 1. The molecule has 0 unspecified atom stereocenters. The molecule has 25 heavy (non-hydrogen) atoms. The van der Waals surface area contributed by atoms with Gasteiger partial charge in [-0.2, -0.15) is 5.26 Å². The average molecular weight is 357 g/mol. The quantitative estimate of drug-likeness (QED) is 0.443. The summed E-state index contributed by atoms with van der Waals surface area (Å²) in [4.78, 5) is 16.0. The summed E-state index contributed by atoms with van der Waals surface area (Å²) >= 11 is 1.39. The van der Waals surface area contributed by atoms with Crippen molar-refractivity contribution >= 4 is 22.4 Å². The van der Waals surface area contributed by atoms with Crippen LogP contribution >= 0.6 is 11.3 Å². The number of ether oxygens (including phenoxy) is 2. The minimum Gasteiger partial charge on any atom is -0.462 e. The van der Waals surface area contributed by atoms with Crippen LogP contribution in [0.4, 0.5) is 5.13 Å². The van der Waals surface area contributed by atoms with Crippen LogP contribution in [0.2, 0.25) is 0 Å². The number of thiazole rings is 1. The Balaban J connectivity index is 2.04. The molecule has 2 aromatic rings. The molecule has 6 nitrogen and oxygen atoms in total. The van der Waals surface area contributed by atoms with E-state index in [1.807, 2.05) is 23.6 Å². The predicted octanol–water partition coefficient (Wildman–Crippen LogP) is 3.38. The van der Waals surface area contributed by atoms with Gasteiger partial charge in [0.05, 0.1) is 18.9 Å². The van der Waals surface area contributed by atoms with E-state index in [0.29, 0.717) is 11.7 Å². The van der Waals surface area contributed by atoms with Crippen molar-refractivity contribution in [3.63, 3.8) is 0 Å². The summed E-state index contributed by atoms with van der Waals surface area (Å²) in [6.07, 6.45) is 2.19. The van der Waals surface area contributed by atoms with Crippen molar-refractivity contribution in [1.82, 2.24) is 4.98 Å². The third kappa shape index (κ3) is 5.41. The Bertz CT molecular complexity index is 776. The average Bonchev–Trinajstić information content (AvgIpc) is 3.10. The highest BCUT2D eigenvalue weighted by molar-refractivity contribution is 7.14. The maximum atomic E-state index is 11.6. The number of methoxy groups -OCH3 is 1. The maximum absolute atomic E-state index is 11.6. The van der Waals surface area contributed by atoms with Crippen molar-refractivity contribution in [2.45, 2.75) is 13.3 Å². The van der Waals surface area contributed by atoms with Gasteiger partial charge in [0.15, 0.2) is 10.7 Å². The van der Waals surface area contributed by atoms with E-state index in [9.17, 15) is 4.79 Å². The lowest BCUT2D eigenvalue weighted by Crippen LogP contribution is -2.07. The van der Waals surface area contributed by atoms with Crippen molar-refractivity contribution in [1.29, 1.82) is 5.26 Å². The zero-order valence-corrected chi connectivity index (χ0v) is 14.9. The Hall–Kier alpha value is -2.69. The van der Waals surface area contributed by atoms with E-state index in [4.69, 9.17) is 14.7 Å². The molecule has 130 valence electrons. The number of hydrogen-bond donors (Lipinski definition) is 1. The summed E-state index contributed by atoms with van der Waals surface area (Å²) in [5, 5.41) is 14.4. The van der Waals surface area contributed by atoms with Crippen LogP contribution in [-0.4, -0.2) is 31.3 Å². The molecule has 2 rings (SSSR count). The summed E-state index contributed by atoms with van der Waals surface area (Å²) in [5.74, 6) is -0.652. The van der Waals surface area contributed by atoms with Crippen molar-refractivity contribution in [3.05, 3.63) is 47.0 Å². The third-order valence-corrected chi connectivity index (χ3v) is 4.08. The van der Waals surface area contributed by atoms with Gasteiger partial charge in [-0.15, -0.1) is 11.3 Å². The Morgan fingerprint density at radius 3 is 2.80 bits per heavy atom. The lowest BCUT2D eigenvalue weighted by Gasteiger charge is -2.02. The number of carbonyl (C=O) groups is 1. The molecule has 1 N–H and O–H groups in total. The SMILES string of the molecule is CCOC(=O)C(C#N)=CNc1nc(-c2ccc(CCOC)cc2)cs1. The zero-order valence-electron chi connectivity index (χ0n) is 14.1. The number of rotatable bonds is 8. The molecule has 0 amide bonds. The fourth-order valence-corrected chi connectivity index (χ4v) is 2.70. The third-order valence-electron chi connectivity index (χ3n) is 3.30. The van der Waals surface area contributed by atoms with Crippen LogP contribution in [-0.2, 0) is 20.7 Å². The summed E-state index contributed by atoms with van der Waals surface area (Å²) in [6, 6.07) is 9.94. The van der Waals surface area contributed by atoms with Crippen LogP contribution in [0.25, 0.3) is 11.3 Å². The first-order chi connectivity index (χ1) is 12.2. The topological polar surface area (TPSA) is 84.2 Å². The van der Waals surface area contributed by atoms with E-state index in [1.54, 1.807) is 14.0 Å². The van der Waals surface area contributed by atoms with Crippen LogP contribution in [0.15, 0.2) is 41.4 Å². The van der Waals surface area contributed by atoms with Crippen LogP contribution in [0.3, 0.4) is 0 Å². The highest BCUT2D eigenvalue weighted by Gasteiger charge is 2.10. The number of nitrogens with one attached hydrogen (secondary N) is 1. The molecule has 0 saturated carbocycles. The first kappa shape index (κ1) is 18.6. The molecular formula is C18H19N3O3S. The first-order valence-electron chi connectivity index (χ1n) is 7.75. The minimum atomic E-state index is -0.652. The lowest BCUT2D eigenvalue weighted by atomic mass is 10.1. The molecule has 0 radical (unpaired) electrons. The summed E-state index contributed by atoms with van der Waals surface area (Å²) < 4.78 is 9.87. The smallest absolute Gasteiger partial charge is 0.350 e. The fourth-order valence-electron chi connectivity index (χ4n) is 2.01. The maximum Gasteiger partial charge on any atom is 0.350 e. The lowest BCUT2D eigenvalue weighted by molar-refractivity contribution is -0.138. The number of anilines is 1.